The van der Waals surface area contributed by atoms with Crippen LogP contribution < -0.4 is 5.32 Å². The highest BCUT2D eigenvalue weighted by Gasteiger charge is 2.29. The Hall–Kier alpha value is -1.79. The van der Waals surface area contributed by atoms with E-state index in [0.717, 1.165) is 37.5 Å². The van der Waals surface area contributed by atoms with Gasteiger partial charge in [0.15, 0.2) is 0 Å². The normalized spacial score (nSPS) is 22.5. The van der Waals surface area contributed by atoms with Gasteiger partial charge in [0.1, 0.15) is 0 Å². The van der Waals surface area contributed by atoms with Crippen molar-refractivity contribution in [1.29, 1.82) is 0 Å². The molecule has 0 aromatic carbocycles. The first-order valence-electron chi connectivity index (χ1n) is 8.84. The summed E-state index contributed by atoms with van der Waals surface area (Å²) in [5, 5.41) is 8.02. The van der Waals surface area contributed by atoms with Crippen LogP contribution in [0, 0.1) is 12.8 Å². The summed E-state index contributed by atoms with van der Waals surface area (Å²) in [5.41, 5.74) is 3.19. The van der Waals surface area contributed by atoms with E-state index in [-0.39, 0.29) is 12.1 Å². The molecule has 3 heterocycles. The Morgan fingerprint density at radius 1 is 1.38 bits per heavy atom. The van der Waals surface area contributed by atoms with E-state index in [2.05, 4.69) is 40.4 Å². The molecular weight excluding hydrogens is 302 g/mol. The molecule has 6 heteroatoms. The van der Waals surface area contributed by atoms with E-state index in [1.807, 2.05) is 17.8 Å². The second-order valence-corrected chi connectivity index (χ2v) is 6.48. The second kappa shape index (κ2) is 7.85. The van der Waals surface area contributed by atoms with E-state index in [0.29, 0.717) is 5.92 Å². The Balaban J connectivity index is 1.65. The SMILES string of the molecule is CCn1cc([C@@H]2OCCC[C@H]2CNC(C)c2nccnc2C)cn1. The minimum absolute atomic E-state index is 0.127. The zero-order valence-corrected chi connectivity index (χ0v) is 14.8. The van der Waals surface area contributed by atoms with E-state index in [4.69, 9.17) is 4.74 Å². The molecule has 1 fully saturated rings. The van der Waals surface area contributed by atoms with Gasteiger partial charge in [-0.05, 0) is 33.6 Å². The van der Waals surface area contributed by atoms with E-state index < -0.39 is 0 Å². The van der Waals surface area contributed by atoms with Gasteiger partial charge < -0.3 is 10.1 Å². The van der Waals surface area contributed by atoms with Gasteiger partial charge in [-0.1, -0.05) is 0 Å². The zero-order chi connectivity index (χ0) is 16.9. The molecule has 1 aliphatic heterocycles. The standard InChI is InChI=1S/C18H27N5O/c1-4-23-12-16(11-22-23)18-15(6-5-9-24-18)10-21-14(3)17-13(2)19-7-8-20-17/h7-8,11-12,14-15,18,21H,4-6,9-10H2,1-3H3/t14?,15-,18+/m0/s1. The smallest absolute Gasteiger partial charge is 0.0895 e. The van der Waals surface area contributed by atoms with Gasteiger partial charge in [0.05, 0.1) is 23.7 Å². The molecule has 1 unspecified atom stereocenters. The Morgan fingerprint density at radius 3 is 2.96 bits per heavy atom. The van der Waals surface area contributed by atoms with E-state index >= 15 is 0 Å². The molecule has 0 bridgehead atoms. The van der Waals surface area contributed by atoms with Crippen molar-refractivity contribution in [2.75, 3.05) is 13.2 Å². The molecule has 1 aliphatic rings. The number of hydrogen-bond donors (Lipinski definition) is 1. The topological polar surface area (TPSA) is 64.9 Å². The predicted octanol–water partition coefficient (Wildman–Crippen LogP) is 2.82. The first-order valence-corrected chi connectivity index (χ1v) is 8.84. The van der Waals surface area contributed by atoms with Crippen molar-refractivity contribution in [2.24, 2.45) is 5.92 Å². The van der Waals surface area contributed by atoms with Gasteiger partial charge in [0.25, 0.3) is 0 Å². The van der Waals surface area contributed by atoms with E-state index in [1.54, 1.807) is 12.4 Å². The fourth-order valence-corrected chi connectivity index (χ4v) is 3.39. The minimum Gasteiger partial charge on any atom is -0.373 e. The average molecular weight is 329 g/mol. The Bertz CT molecular complexity index is 656. The van der Waals surface area contributed by atoms with Crippen molar-refractivity contribution in [3.63, 3.8) is 0 Å². The largest absolute Gasteiger partial charge is 0.373 e. The van der Waals surface area contributed by atoms with E-state index in [1.165, 1.54) is 12.0 Å². The van der Waals surface area contributed by atoms with Crippen LogP contribution in [0.25, 0.3) is 0 Å². The van der Waals surface area contributed by atoms with Crippen LogP contribution in [-0.4, -0.2) is 32.9 Å². The highest BCUT2D eigenvalue weighted by Crippen LogP contribution is 2.33. The second-order valence-electron chi connectivity index (χ2n) is 6.48. The summed E-state index contributed by atoms with van der Waals surface area (Å²) >= 11 is 0. The molecule has 0 radical (unpaired) electrons. The molecule has 130 valence electrons. The van der Waals surface area contributed by atoms with E-state index in [9.17, 15) is 0 Å². The summed E-state index contributed by atoms with van der Waals surface area (Å²) in [6.45, 7) is 8.87. The van der Waals surface area contributed by atoms with Crippen LogP contribution in [0.15, 0.2) is 24.8 Å². The first kappa shape index (κ1) is 17.0. The third-order valence-electron chi connectivity index (χ3n) is 4.77. The summed E-state index contributed by atoms with van der Waals surface area (Å²) in [5.74, 6) is 0.452. The number of aryl methyl sites for hydroxylation is 2. The minimum atomic E-state index is 0.127. The van der Waals surface area contributed by atoms with Crippen LogP contribution in [-0.2, 0) is 11.3 Å². The Kier molecular flexibility index (Phi) is 5.58. The molecule has 3 atom stereocenters. The number of hydrogen-bond acceptors (Lipinski definition) is 5. The fraction of sp³-hybridized carbons (Fsp3) is 0.611. The lowest BCUT2D eigenvalue weighted by atomic mass is 9.90. The molecule has 2 aromatic rings. The monoisotopic (exact) mass is 329 g/mol. The maximum atomic E-state index is 6.07. The van der Waals surface area contributed by atoms with Crippen LogP contribution in [0.2, 0.25) is 0 Å². The summed E-state index contributed by atoms with van der Waals surface area (Å²) in [7, 11) is 0. The summed E-state index contributed by atoms with van der Waals surface area (Å²) in [6.07, 6.45) is 9.96. The molecule has 2 aromatic heterocycles. The first-order chi connectivity index (χ1) is 11.7. The van der Waals surface area contributed by atoms with Crippen LogP contribution in [0.5, 0.6) is 0 Å². The molecule has 3 rings (SSSR count). The molecule has 0 saturated carbocycles. The highest BCUT2D eigenvalue weighted by atomic mass is 16.5. The van der Waals surface area contributed by atoms with Gasteiger partial charge in [-0.15, -0.1) is 0 Å². The summed E-state index contributed by atoms with van der Waals surface area (Å²) in [4.78, 5) is 8.80. The molecule has 0 spiro atoms. The molecule has 1 saturated heterocycles. The van der Waals surface area contributed by atoms with Gasteiger partial charge >= 0.3 is 0 Å². The molecular formula is C18H27N5O. The van der Waals surface area contributed by atoms with Crippen molar-refractivity contribution in [3.8, 4) is 0 Å². The quantitative estimate of drug-likeness (QED) is 0.883. The maximum absolute atomic E-state index is 6.07. The van der Waals surface area contributed by atoms with Crippen molar-refractivity contribution in [2.45, 2.75) is 52.3 Å². The molecule has 0 amide bonds. The third-order valence-corrected chi connectivity index (χ3v) is 4.77. The Labute approximate surface area is 143 Å². The molecule has 0 aliphatic carbocycles. The van der Waals surface area contributed by atoms with Crippen LogP contribution >= 0.6 is 0 Å². The zero-order valence-electron chi connectivity index (χ0n) is 14.8. The highest BCUT2D eigenvalue weighted by molar-refractivity contribution is 5.13. The Morgan fingerprint density at radius 2 is 2.21 bits per heavy atom. The predicted molar refractivity (Wildman–Crippen MR) is 92.5 cm³/mol. The van der Waals surface area contributed by atoms with Crippen LogP contribution in [0.1, 0.15) is 55.8 Å². The number of ether oxygens (including phenoxy) is 1. The fourth-order valence-electron chi connectivity index (χ4n) is 3.39. The molecule has 6 nitrogen and oxygen atoms in total. The average Bonchev–Trinajstić information content (AvgIpc) is 3.09. The lowest BCUT2D eigenvalue weighted by molar-refractivity contribution is -0.0284. The van der Waals surface area contributed by atoms with Gasteiger partial charge in [0.2, 0.25) is 0 Å². The molecule has 1 N–H and O–H groups in total. The lowest BCUT2D eigenvalue weighted by Gasteiger charge is -2.32. The van der Waals surface area contributed by atoms with Gasteiger partial charge in [-0.25, -0.2) is 0 Å². The van der Waals surface area contributed by atoms with Crippen LogP contribution in [0.3, 0.4) is 0 Å². The van der Waals surface area contributed by atoms with Crippen molar-refractivity contribution >= 4 is 0 Å². The van der Waals surface area contributed by atoms with Crippen molar-refractivity contribution in [1.82, 2.24) is 25.1 Å². The summed E-state index contributed by atoms with van der Waals surface area (Å²) < 4.78 is 8.04. The van der Waals surface area contributed by atoms with Gasteiger partial charge in [-0.2, -0.15) is 5.10 Å². The molecule has 24 heavy (non-hydrogen) atoms. The number of rotatable bonds is 6. The number of nitrogens with zero attached hydrogens (tertiary/aromatic N) is 4. The van der Waals surface area contributed by atoms with Crippen molar-refractivity contribution in [3.05, 3.63) is 41.7 Å². The van der Waals surface area contributed by atoms with Crippen LogP contribution in [0.4, 0.5) is 0 Å². The summed E-state index contributed by atoms with van der Waals surface area (Å²) in [6, 6.07) is 0.180. The number of aromatic nitrogens is 4. The maximum Gasteiger partial charge on any atom is 0.0895 e. The van der Waals surface area contributed by atoms with Crippen molar-refractivity contribution < 1.29 is 4.74 Å². The van der Waals surface area contributed by atoms with Gasteiger partial charge in [0, 0.05) is 55.8 Å². The third kappa shape index (κ3) is 3.82. The number of nitrogens with one attached hydrogen (secondary N) is 1. The lowest BCUT2D eigenvalue weighted by Crippen LogP contribution is -2.33. The van der Waals surface area contributed by atoms with Gasteiger partial charge in [-0.3, -0.25) is 14.6 Å².